The van der Waals surface area contributed by atoms with Gasteiger partial charge in [0.05, 0.1) is 5.75 Å². The Hall–Kier alpha value is 0.0500. The van der Waals surface area contributed by atoms with E-state index in [1.807, 2.05) is 11.4 Å². The Bertz CT molecular complexity index is 446. The summed E-state index contributed by atoms with van der Waals surface area (Å²) in [6.07, 6.45) is 1.71. The predicted octanol–water partition coefficient (Wildman–Crippen LogP) is 2.32. The van der Waals surface area contributed by atoms with Crippen molar-refractivity contribution in [1.82, 2.24) is 10.0 Å². The van der Waals surface area contributed by atoms with Crippen molar-refractivity contribution in [2.24, 2.45) is 0 Å². The van der Waals surface area contributed by atoms with Gasteiger partial charge in [-0.05, 0) is 53.3 Å². The summed E-state index contributed by atoms with van der Waals surface area (Å²) in [5, 5.41) is 5.12. The van der Waals surface area contributed by atoms with Crippen LogP contribution in [0.5, 0.6) is 0 Å². The molecule has 104 valence electrons. The van der Waals surface area contributed by atoms with E-state index in [4.69, 9.17) is 0 Å². The van der Waals surface area contributed by atoms with E-state index in [-0.39, 0.29) is 5.75 Å². The minimum atomic E-state index is -3.17. The molecule has 0 amide bonds. The van der Waals surface area contributed by atoms with Crippen LogP contribution in [0.15, 0.2) is 15.9 Å². The maximum atomic E-state index is 11.7. The number of hydrogen-bond donors (Lipinski definition) is 2. The molecule has 0 unspecified atom stereocenters. The van der Waals surface area contributed by atoms with E-state index in [1.54, 1.807) is 0 Å². The topological polar surface area (TPSA) is 58.2 Å². The lowest BCUT2D eigenvalue weighted by Gasteiger charge is -2.06. The SMILES string of the molecule is CCCNCCCS(=O)(=O)NCc1sccc1Br. The Kier molecular flexibility index (Phi) is 7.40. The van der Waals surface area contributed by atoms with Crippen molar-refractivity contribution < 1.29 is 8.42 Å². The van der Waals surface area contributed by atoms with Gasteiger partial charge in [-0.1, -0.05) is 6.92 Å². The zero-order valence-corrected chi connectivity index (χ0v) is 13.6. The molecule has 1 aromatic rings. The van der Waals surface area contributed by atoms with Gasteiger partial charge in [-0.2, -0.15) is 0 Å². The van der Waals surface area contributed by atoms with E-state index in [0.717, 1.165) is 28.9 Å². The van der Waals surface area contributed by atoms with Crippen LogP contribution < -0.4 is 10.0 Å². The molecule has 0 aliphatic heterocycles. The maximum absolute atomic E-state index is 11.7. The summed E-state index contributed by atoms with van der Waals surface area (Å²) in [6.45, 7) is 4.14. The van der Waals surface area contributed by atoms with E-state index >= 15 is 0 Å². The third-order valence-corrected chi connectivity index (χ3v) is 5.67. The average Bonchev–Trinajstić information content (AvgIpc) is 2.72. The lowest BCUT2D eigenvalue weighted by molar-refractivity contribution is 0.574. The summed E-state index contributed by atoms with van der Waals surface area (Å²) in [5.74, 6) is 0.173. The highest BCUT2D eigenvalue weighted by Crippen LogP contribution is 2.22. The highest BCUT2D eigenvalue weighted by atomic mass is 79.9. The average molecular weight is 355 g/mol. The van der Waals surface area contributed by atoms with Gasteiger partial charge in [0, 0.05) is 15.9 Å². The highest BCUT2D eigenvalue weighted by molar-refractivity contribution is 9.10. The van der Waals surface area contributed by atoms with Gasteiger partial charge in [-0.15, -0.1) is 11.3 Å². The van der Waals surface area contributed by atoms with Crippen molar-refractivity contribution in [3.8, 4) is 0 Å². The van der Waals surface area contributed by atoms with Gasteiger partial charge >= 0.3 is 0 Å². The molecule has 1 rings (SSSR count). The third-order valence-electron chi connectivity index (χ3n) is 2.34. The normalized spacial score (nSPS) is 11.9. The molecule has 0 bridgehead atoms. The molecular weight excluding hydrogens is 336 g/mol. The van der Waals surface area contributed by atoms with Gasteiger partial charge in [0.1, 0.15) is 0 Å². The van der Waals surface area contributed by atoms with Gasteiger partial charge in [-0.3, -0.25) is 0 Å². The van der Waals surface area contributed by atoms with Crippen LogP contribution >= 0.6 is 27.3 Å². The van der Waals surface area contributed by atoms with Crippen LogP contribution in [0, 0.1) is 0 Å². The fourth-order valence-corrected chi connectivity index (χ4v) is 3.94. The summed E-state index contributed by atoms with van der Waals surface area (Å²) in [6, 6.07) is 1.92. The van der Waals surface area contributed by atoms with Crippen LogP contribution in [-0.4, -0.2) is 27.3 Å². The molecule has 1 aromatic heterocycles. The number of rotatable bonds is 9. The zero-order valence-electron chi connectivity index (χ0n) is 10.4. The molecule has 1 heterocycles. The smallest absolute Gasteiger partial charge is 0.211 e. The first kappa shape index (κ1) is 16.1. The summed E-state index contributed by atoms with van der Waals surface area (Å²) >= 11 is 4.92. The summed E-state index contributed by atoms with van der Waals surface area (Å²) < 4.78 is 27.0. The molecule has 2 N–H and O–H groups in total. The first-order valence-corrected chi connectivity index (χ1v) is 9.27. The summed E-state index contributed by atoms with van der Waals surface area (Å²) in [7, 11) is -3.17. The van der Waals surface area contributed by atoms with Crippen LogP contribution in [0.4, 0.5) is 0 Å². The lowest BCUT2D eigenvalue weighted by atomic mass is 10.4. The first-order chi connectivity index (χ1) is 8.55. The van der Waals surface area contributed by atoms with Gasteiger partial charge in [0.2, 0.25) is 10.0 Å². The van der Waals surface area contributed by atoms with Crippen LogP contribution in [0.25, 0.3) is 0 Å². The fourth-order valence-electron chi connectivity index (χ4n) is 1.39. The minimum absolute atomic E-state index is 0.173. The van der Waals surface area contributed by atoms with Gasteiger partial charge in [0.15, 0.2) is 0 Å². The maximum Gasteiger partial charge on any atom is 0.211 e. The molecule has 0 saturated heterocycles. The van der Waals surface area contributed by atoms with E-state index < -0.39 is 10.0 Å². The molecule has 4 nitrogen and oxygen atoms in total. The molecular formula is C11H19BrN2O2S2. The Morgan fingerprint density at radius 3 is 2.78 bits per heavy atom. The van der Waals surface area contributed by atoms with Crippen molar-refractivity contribution >= 4 is 37.3 Å². The summed E-state index contributed by atoms with van der Waals surface area (Å²) in [4.78, 5) is 1.00. The van der Waals surface area contributed by atoms with Crippen molar-refractivity contribution in [1.29, 1.82) is 0 Å². The Morgan fingerprint density at radius 2 is 2.17 bits per heavy atom. The standard InChI is InChI=1S/C11H19BrN2O2S2/c1-2-5-13-6-3-8-18(15,16)14-9-11-10(12)4-7-17-11/h4,7,13-14H,2-3,5-6,8-9H2,1H3. The molecule has 0 fully saturated rings. The molecule has 0 radical (unpaired) electrons. The van der Waals surface area contributed by atoms with Crippen molar-refractivity contribution in [3.63, 3.8) is 0 Å². The Labute approximate surface area is 121 Å². The molecule has 0 atom stereocenters. The molecule has 7 heteroatoms. The van der Waals surface area contributed by atoms with Crippen LogP contribution in [0.2, 0.25) is 0 Å². The lowest BCUT2D eigenvalue weighted by Crippen LogP contribution is -2.28. The second kappa shape index (κ2) is 8.27. The number of thiophene rings is 1. The van der Waals surface area contributed by atoms with Crippen molar-refractivity contribution in [2.45, 2.75) is 26.3 Å². The molecule has 0 saturated carbocycles. The fraction of sp³-hybridized carbons (Fsp3) is 0.636. The third kappa shape index (κ3) is 6.29. The van der Waals surface area contributed by atoms with Crippen LogP contribution in [0.1, 0.15) is 24.6 Å². The van der Waals surface area contributed by atoms with Crippen LogP contribution in [-0.2, 0) is 16.6 Å². The largest absolute Gasteiger partial charge is 0.317 e. The highest BCUT2D eigenvalue weighted by Gasteiger charge is 2.11. The second-order valence-corrected chi connectivity index (χ2v) is 7.72. The van der Waals surface area contributed by atoms with Crippen LogP contribution in [0.3, 0.4) is 0 Å². The molecule has 0 spiro atoms. The van der Waals surface area contributed by atoms with Crippen molar-refractivity contribution in [2.75, 3.05) is 18.8 Å². The first-order valence-electron chi connectivity index (χ1n) is 5.95. The van der Waals surface area contributed by atoms with E-state index in [1.165, 1.54) is 11.3 Å². The molecule has 0 aliphatic carbocycles. The number of nitrogens with one attached hydrogen (secondary N) is 2. The second-order valence-electron chi connectivity index (χ2n) is 3.94. The summed E-state index contributed by atoms with van der Waals surface area (Å²) in [5.41, 5.74) is 0. The van der Waals surface area contributed by atoms with E-state index in [2.05, 4.69) is 32.9 Å². The number of sulfonamides is 1. The molecule has 0 aliphatic rings. The number of hydrogen-bond acceptors (Lipinski definition) is 4. The molecule has 18 heavy (non-hydrogen) atoms. The Morgan fingerprint density at radius 1 is 1.39 bits per heavy atom. The quantitative estimate of drug-likeness (QED) is 0.669. The van der Waals surface area contributed by atoms with E-state index in [9.17, 15) is 8.42 Å². The number of halogens is 1. The van der Waals surface area contributed by atoms with Gasteiger partial charge < -0.3 is 5.32 Å². The van der Waals surface area contributed by atoms with Gasteiger partial charge in [-0.25, -0.2) is 13.1 Å². The van der Waals surface area contributed by atoms with Gasteiger partial charge in [0.25, 0.3) is 0 Å². The zero-order chi connectivity index (χ0) is 13.4. The Balaban J connectivity index is 2.25. The minimum Gasteiger partial charge on any atom is -0.317 e. The molecule has 0 aromatic carbocycles. The predicted molar refractivity (Wildman–Crippen MR) is 80.4 cm³/mol. The monoisotopic (exact) mass is 354 g/mol. The van der Waals surface area contributed by atoms with Crippen molar-refractivity contribution in [3.05, 3.63) is 20.8 Å². The van der Waals surface area contributed by atoms with E-state index in [0.29, 0.717) is 13.0 Å².